The van der Waals surface area contributed by atoms with Crippen molar-refractivity contribution in [2.75, 3.05) is 20.5 Å². The Morgan fingerprint density at radius 2 is 2.35 bits per heavy atom. The van der Waals surface area contributed by atoms with Crippen molar-refractivity contribution in [3.05, 3.63) is 23.8 Å². The van der Waals surface area contributed by atoms with Gasteiger partial charge in [0.05, 0.1) is 6.20 Å². The molecule has 0 spiro atoms. The van der Waals surface area contributed by atoms with Gasteiger partial charge in [-0.3, -0.25) is 0 Å². The van der Waals surface area contributed by atoms with Gasteiger partial charge in [0, 0.05) is 13.7 Å². The zero-order valence-corrected chi connectivity index (χ0v) is 11.5. The second kappa shape index (κ2) is 7.31. The molecule has 0 aliphatic heterocycles. The highest BCUT2D eigenvalue weighted by Gasteiger charge is 2.19. The molecule has 1 heterocycles. The van der Waals surface area contributed by atoms with Crippen LogP contribution in [-0.4, -0.2) is 35.6 Å². The van der Waals surface area contributed by atoms with Gasteiger partial charge in [-0.2, -0.15) is 4.98 Å². The Hall–Kier alpha value is -1.53. The van der Waals surface area contributed by atoms with Gasteiger partial charge in [0.25, 0.3) is 0 Å². The summed E-state index contributed by atoms with van der Waals surface area (Å²) in [6.45, 7) is 0.230. The van der Waals surface area contributed by atoms with Crippen molar-refractivity contribution in [3.63, 3.8) is 0 Å². The van der Waals surface area contributed by atoms with Crippen LogP contribution in [0.1, 0.15) is 31.4 Å². The van der Waals surface area contributed by atoms with E-state index >= 15 is 0 Å². The number of aromatic nitrogens is 2. The first-order chi connectivity index (χ1) is 9.74. The predicted octanol–water partition coefficient (Wildman–Crippen LogP) is 2.16. The highest BCUT2D eigenvalue weighted by atomic mass is 19.1. The molecule has 5 nitrogen and oxygen atoms in total. The Bertz CT molecular complexity index is 479. The topological polar surface area (TPSA) is 64.5 Å². The summed E-state index contributed by atoms with van der Waals surface area (Å²) in [6.07, 6.45) is 6.43. The first kappa shape index (κ1) is 14.9. The molecule has 110 valence electrons. The molecule has 0 radical (unpaired) electrons. The van der Waals surface area contributed by atoms with Crippen molar-refractivity contribution in [2.45, 2.75) is 25.7 Å². The summed E-state index contributed by atoms with van der Waals surface area (Å²) in [4.78, 5) is 7.87. The van der Waals surface area contributed by atoms with E-state index in [0.717, 1.165) is 37.5 Å². The standard InChI is InChI=1S/C14H19FN2O3/c1-19-9-20-14-16-8-12(15)13(17-14)11-4-2-10(3-5-11)6-7-18/h4,8,10,18H,2-3,5-7,9H2,1H3. The molecule has 2 rings (SSSR count). The number of aliphatic hydroxyl groups excluding tert-OH is 1. The third-order valence-electron chi connectivity index (χ3n) is 3.39. The molecule has 1 N–H and O–H groups in total. The molecule has 1 aliphatic rings. The fourth-order valence-electron chi connectivity index (χ4n) is 2.31. The van der Waals surface area contributed by atoms with E-state index in [1.54, 1.807) is 0 Å². The van der Waals surface area contributed by atoms with Gasteiger partial charge in [0.15, 0.2) is 12.6 Å². The Morgan fingerprint density at radius 1 is 1.50 bits per heavy atom. The average molecular weight is 282 g/mol. The molecule has 1 aliphatic carbocycles. The Labute approximate surface area is 117 Å². The largest absolute Gasteiger partial charge is 0.436 e. The molecule has 0 saturated carbocycles. The van der Waals surface area contributed by atoms with Gasteiger partial charge < -0.3 is 14.6 Å². The minimum absolute atomic E-state index is 0.0305. The second-order valence-electron chi connectivity index (χ2n) is 4.78. The maximum Gasteiger partial charge on any atom is 0.319 e. The summed E-state index contributed by atoms with van der Waals surface area (Å²) in [5.74, 6) is 0.0273. The number of ether oxygens (including phenoxy) is 2. The van der Waals surface area contributed by atoms with E-state index in [2.05, 4.69) is 9.97 Å². The lowest BCUT2D eigenvalue weighted by atomic mass is 9.86. The fourth-order valence-corrected chi connectivity index (χ4v) is 2.31. The van der Waals surface area contributed by atoms with Crippen molar-refractivity contribution in [2.24, 2.45) is 5.92 Å². The maximum atomic E-state index is 13.8. The average Bonchev–Trinajstić information content (AvgIpc) is 2.48. The quantitative estimate of drug-likeness (QED) is 0.810. The minimum Gasteiger partial charge on any atom is -0.436 e. The fraction of sp³-hybridized carbons (Fsp3) is 0.571. The summed E-state index contributed by atoms with van der Waals surface area (Å²) in [6, 6.07) is 0.113. The molecule has 6 heteroatoms. The molecule has 1 unspecified atom stereocenters. The molecule has 1 aromatic rings. The van der Waals surface area contributed by atoms with E-state index in [0.29, 0.717) is 11.6 Å². The molecule has 20 heavy (non-hydrogen) atoms. The lowest BCUT2D eigenvalue weighted by molar-refractivity contribution is 0.0440. The normalized spacial score (nSPS) is 18.8. The van der Waals surface area contributed by atoms with Crippen LogP contribution in [-0.2, 0) is 4.74 Å². The maximum absolute atomic E-state index is 13.8. The van der Waals surface area contributed by atoms with E-state index < -0.39 is 5.82 Å². The Balaban J connectivity index is 2.11. The first-order valence-electron chi connectivity index (χ1n) is 6.69. The third-order valence-corrected chi connectivity index (χ3v) is 3.39. The van der Waals surface area contributed by atoms with Crippen LogP contribution in [0.4, 0.5) is 4.39 Å². The van der Waals surface area contributed by atoms with Crippen LogP contribution in [0.5, 0.6) is 6.01 Å². The number of aliphatic hydroxyl groups is 1. The van der Waals surface area contributed by atoms with Gasteiger partial charge in [-0.1, -0.05) is 6.08 Å². The lowest BCUT2D eigenvalue weighted by Gasteiger charge is -2.21. The third kappa shape index (κ3) is 3.74. The number of halogens is 1. The van der Waals surface area contributed by atoms with Crippen molar-refractivity contribution in [3.8, 4) is 6.01 Å². The van der Waals surface area contributed by atoms with Crippen LogP contribution in [0, 0.1) is 11.7 Å². The Morgan fingerprint density at radius 3 is 3.00 bits per heavy atom. The number of hydrogen-bond donors (Lipinski definition) is 1. The molecular formula is C14H19FN2O3. The van der Waals surface area contributed by atoms with Crippen molar-refractivity contribution in [1.29, 1.82) is 0 Å². The van der Waals surface area contributed by atoms with Gasteiger partial charge >= 0.3 is 6.01 Å². The van der Waals surface area contributed by atoms with Crippen molar-refractivity contribution in [1.82, 2.24) is 9.97 Å². The molecule has 1 atom stereocenters. The molecule has 0 saturated heterocycles. The molecular weight excluding hydrogens is 263 g/mol. The number of hydrogen-bond acceptors (Lipinski definition) is 5. The van der Waals surface area contributed by atoms with Crippen LogP contribution in [0.2, 0.25) is 0 Å². The Kier molecular flexibility index (Phi) is 5.43. The molecule has 1 aromatic heterocycles. The zero-order valence-electron chi connectivity index (χ0n) is 11.5. The number of methoxy groups -OCH3 is 1. The van der Waals surface area contributed by atoms with Crippen LogP contribution >= 0.6 is 0 Å². The molecule has 0 bridgehead atoms. The van der Waals surface area contributed by atoms with Gasteiger partial charge in [-0.15, -0.1) is 0 Å². The van der Waals surface area contributed by atoms with E-state index in [1.165, 1.54) is 7.11 Å². The number of rotatable bonds is 6. The van der Waals surface area contributed by atoms with Gasteiger partial charge in [0.2, 0.25) is 0 Å². The summed E-state index contributed by atoms with van der Waals surface area (Å²) in [5.41, 5.74) is 1.18. The van der Waals surface area contributed by atoms with E-state index in [-0.39, 0.29) is 19.4 Å². The summed E-state index contributed by atoms with van der Waals surface area (Å²) >= 11 is 0. The highest BCUT2D eigenvalue weighted by Crippen LogP contribution is 2.32. The van der Waals surface area contributed by atoms with Crippen molar-refractivity contribution < 1.29 is 19.0 Å². The van der Waals surface area contributed by atoms with Gasteiger partial charge in [0.1, 0.15) is 5.69 Å². The van der Waals surface area contributed by atoms with E-state index in [9.17, 15) is 4.39 Å². The highest BCUT2D eigenvalue weighted by molar-refractivity contribution is 5.63. The van der Waals surface area contributed by atoms with Gasteiger partial charge in [-0.05, 0) is 37.2 Å². The minimum atomic E-state index is -0.443. The molecule has 0 aromatic carbocycles. The lowest BCUT2D eigenvalue weighted by Crippen LogP contribution is -2.10. The van der Waals surface area contributed by atoms with Crippen LogP contribution in [0.15, 0.2) is 12.3 Å². The summed E-state index contributed by atoms with van der Waals surface area (Å²) < 4.78 is 23.7. The zero-order chi connectivity index (χ0) is 14.4. The molecule has 0 fully saturated rings. The molecule has 0 amide bonds. The van der Waals surface area contributed by atoms with Crippen LogP contribution in [0.3, 0.4) is 0 Å². The van der Waals surface area contributed by atoms with E-state index in [4.69, 9.17) is 14.6 Å². The summed E-state index contributed by atoms with van der Waals surface area (Å²) in [7, 11) is 1.50. The van der Waals surface area contributed by atoms with Crippen LogP contribution < -0.4 is 4.74 Å². The number of allylic oxidation sites excluding steroid dienone is 2. The van der Waals surface area contributed by atoms with Gasteiger partial charge in [-0.25, -0.2) is 9.37 Å². The summed E-state index contributed by atoms with van der Waals surface area (Å²) in [5, 5.41) is 8.93. The predicted molar refractivity (Wildman–Crippen MR) is 71.5 cm³/mol. The van der Waals surface area contributed by atoms with Crippen molar-refractivity contribution >= 4 is 5.57 Å². The smallest absolute Gasteiger partial charge is 0.319 e. The van der Waals surface area contributed by atoms with E-state index in [1.807, 2.05) is 6.08 Å². The SMILES string of the molecule is COCOc1ncc(F)c(C2=CCC(CCO)CC2)n1. The first-order valence-corrected chi connectivity index (χ1v) is 6.69. The second-order valence-corrected chi connectivity index (χ2v) is 4.78. The monoisotopic (exact) mass is 282 g/mol. The number of nitrogens with zero attached hydrogens (tertiary/aromatic N) is 2. The van der Waals surface area contributed by atoms with Crippen LogP contribution in [0.25, 0.3) is 5.57 Å².